The second-order valence-corrected chi connectivity index (χ2v) is 6.64. The molecule has 1 atom stereocenters. The van der Waals surface area contributed by atoms with E-state index in [0.29, 0.717) is 12.8 Å². The van der Waals surface area contributed by atoms with Gasteiger partial charge in [0.05, 0.1) is 17.2 Å². The first-order chi connectivity index (χ1) is 8.30. The summed E-state index contributed by atoms with van der Waals surface area (Å²) in [7, 11) is -3.75. The van der Waals surface area contributed by atoms with Crippen molar-refractivity contribution in [2.24, 2.45) is 5.41 Å². The molecule has 0 amide bonds. The molecule has 1 rings (SSSR count). The second-order valence-electron chi connectivity index (χ2n) is 4.89. The third-order valence-electron chi connectivity index (χ3n) is 3.24. The van der Waals surface area contributed by atoms with Gasteiger partial charge in [0.25, 0.3) is 0 Å². The number of aliphatic carboxylic acids is 1. The Morgan fingerprint density at radius 2 is 2.00 bits per heavy atom. The van der Waals surface area contributed by atoms with E-state index in [9.17, 15) is 18.5 Å². The van der Waals surface area contributed by atoms with Crippen molar-refractivity contribution in [1.29, 1.82) is 5.26 Å². The molecule has 18 heavy (non-hydrogen) atoms. The van der Waals surface area contributed by atoms with Crippen molar-refractivity contribution in [2.75, 3.05) is 5.75 Å². The molecule has 1 aliphatic rings. The SMILES string of the molecule is CC(NS(=O)(=O)CC1(C#N)CCCCC1)C(=O)O. The first-order valence-corrected chi connectivity index (χ1v) is 7.60. The minimum Gasteiger partial charge on any atom is -0.480 e. The van der Waals surface area contributed by atoms with E-state index in [-0.39, 0.29) is 5.75 Å². The maximum Gasteiger partial charge on any atom is 0.321 e. The third kappa shape index (κ3) is 3.96. The predicted molar refractivity (Wildman–Crippen MR) is 65.2 cm³/mol. The van der Waals surface area contributed by atoms with Crippen LogP contribution in [-0.2, 0) is 14.8 Å². The van der Waals surface area contributed by atoms with Crippen LogP contribution >= 0.6 is 0 Å². The molecule has 1 unspecified atom stereocenters. The highest BCUT2D eigenvalue weighted by Gasteiger charge is 2.37. The summed E-state index contributed by atoms with van der Waals surface area (Å²) in [6.45, 7) is 1.26. The van der Waals surface area contributed by atoms with E-state index in [4.69, 9.17) is 5.11 Å². The molecule has 0 spiro atoms. The fraction of sp³-hybridized carbons (Fsp3) is 0.818. The van der Waals surface area contributed by atoms with Crippen molar-refractivity contribution >= 4 is 16.0 Å². The maximum atomic E-state index is 11.9. The number of hydrogen-bond acceptors (Lipinski definition) is 4. The van der Waals surface area contributed by atoms with Crippen LogP contribution in [0.4, 0.5) is 0 Å². The summed E-state index contributed by atoms with van der Waals surface area (Å²) in [6, 6.07) is 0.937. The smallest absolute Gasteiger partial charge is 0.321 e. The van der Waals surface area contributed by atoms with Crippen LogP contribution in [0, 0.1) is 16.7 Å². The molecular weight excluding hydrogens is 256 g/mol. The van der Waals surface area contributed by atoms with Crippen molar-refractivity contribution in [3.05, 3.63) is 0 Å². The Bertz CT molecular complexity index is 446. The highest BCUT2D eigenvalue weighted by atomic mass is 32.2. The van der Waals surface area contributed by atoms with Crippen LogP contribution in [0.1, 0.15) is 39.0 Å². The lowest BCUT2D eigenvalue weighted by Crippen LogP contribution is -2.43. The van der Waals surface area contributed by atoms with Crippen LogP contribution < -0.4 is 4.72 Å². The lowest BCUT2D eigenvalue weighted by Gasteiger charge is -2.30. The molecule has 2 N–H and O–H groups in total. The standard InChI is InChI=1S/C11H18N2O4S/c1-9(10(14)15)13-18(16,17)8-11(7-12)5-3-2-4-6-11/h9,13H,2-6,8H2,1H3,(H,14,15). The van der Waals surface area contributed by atoms with E-state index in [0.717, 1.165) is 19.3 Å². The number of rotatable bonds is 5. The Hall–Kier alpha value is -1.13. The summed E-state index contributed by atoms with van der Waals surface area (Å²) in [4.78, 5) is 10.6. The molecule has 0 saturated heterocycles. The van der Waals surface area contributed by atoms with Gasteiger partial charge in [0.2, 0.25) is 10.0 Å². The van der Waals surface area contributed by atoms with Gasteiger partial charge in [0.1, 0.15) is 6.04 Å². The van der Waals surface area contributed by atoms with Crippen LogP contribution in [0.2, 0.25) is 0 Å². The van der Waals surface area contributed by atoms with Gasteiger partial charge in [0, 0.05) is 0 Å². The van der Waals surface area contributed by atoms with Crippen molar-refractivity contribution in [1.82, 2.24) is 4.72 Å². The molecule has 0 aromatic carbocycles. The van der Waals surface area contributed by atoms with Gasteiger partial charge in [-0.2, -0.15) is 5.26 Å². The van der Waals surface area contributed by atoms with E-state index in [1.807, 2.05) is 0 Å². The van der Waals surface area contributed by atoms with Crippen LogP contribution in [0.15, 0.2) is 0 Å². The quantitative estimate of drug-likeness (QED) is 0.773. The average Bonchev–Trinajstić information content (AvgIpc) is 2.28. The van der Waals surface area contributed by atoms with Crippen LogP contribution in [-0.4, -0.2) is 31.3 Å². The molecule has 102 valence electrons. The normalized spacial score (nSPS) is 20.9. The number of carboxylic acids is 1. The van der Waals surface area contributed by atoms with Crippen LogP contribution in [0.3, 0.4) is 0 Å². The minimum atomic E-state index is -3.75. The van der Waals surface area contributed by atoms with Gasteiger partial charge >= 0.3 is 5.97 Å². The summed E-state index contributed by atoms with van der Waals surface area (Å²) in [5.74, 6) is -1.54. The Labute approximate surface area is 107 Å². The molecule has 0 aromatic rings. The lowest BCUT2D eigenvalue weighted by atomic mass is 9.77. The largest absolute Gasteiger partial charge is 0.480 e. The van der Waals surface area contributed by atoms with E-state index < -0.39 is 27.4 Å². The topological polar surface area (TPSA) is 107 Å². The van der Waals surface area contributed by atoms with Gasteiger partial charge in [0.15, 0.2) is 0 Å². The van der Waals surface area contributed by atoms with E-state index in [1.165, 1.54) is 6.92 Å². The molecule has 1 aliphatic carbocycles. The van der Waals surface area contributed by atoms with Gasteiger partial charge in [-0.3, -0.25) is 4.79 Å². The number of nitriles is 1. The van der Waals surface area contributed by atoms with Gasteiger partial charge in [-0.25, -0.2) is 13.1 Å². The van der Waals surface area contributed by atoms with E-state index >= 15 is 0 Å². The molecule has 6 nitrogen and oxygen atoms in total. The summed E-state index contributed by atoms with van der Waals surface area (Å²) < 4.78 is 25.8. The lowest BCUT2D eigenvalue weighted by molar-refractivity contribution is -0.138. The molecular formula is C11H18N2O4S. The molecule has 0 radical (unpaired) electrons. The van der Waals surface area contributed by atoms with Crippen LogP contribution in [0.5, 0.6) is 0 Å². The zero-order chi connectivity index (χ0) is 13.8. The number of sulfonamides is 1. The summed E-state index contributed by atoms with van der Waals surface area (Å²) in [5, 5.41) is 17.9. The maximum absolute atomic E-state index is 11.9. The van der Waals surface area contributed by atoms with Crippen molar-refractivity contribution in [3.63, 3.8) is 0 Å². The molecule has 1 fully saturated rings. The number of carbonyl (C=O) groups is 1. The number of nitrogens with one attached hydrogen (secondary N) is 1. The number of carboxylic acid groups (broad SMARTS) is 1. The fourth-order valence-electron chi connectivity index (χ4n) is 2.24. The Balaban J connectivity index is 2.75. The van der Waals surface area contributed by atoms with E-state index in [2.05, 4.69) is 10.8 Å². The minimum absolute atomic E-state index is 0.311. The fourth-order valence-corrected chi connectivity index (χ4v) is 4.05. The van der Waals surface area contributed by atoms with Crippen LogP contribution in [0.25, 0.3) is 0 Å². The highest BCUT2D eigenvalue weighted by Crippen LogP contribution is 2.36. The molecule has 0 heterocycles. The van der Waals surface area contributed by atoms with Gasteiger partial charge in [-0.15, -0.1) is 0 Å². The molecule has 7 heteroatoms. The zero-order valence-corrected chi connectivity index (χ0v) is 11.2. The van der Waals surface area contributed by atoms with Gasteiger partial charge in [-0.05, 0) is 19.8 Å². The van der Waals surface area contributed by atoms with E-state index in [1.54, 1.807) is 0 Å². The van der Waals surface area contributed by atoms with Gasteiger partial charge < -0.3 is 5.11 Å². The van der Waals surface area contributed by atoms with Gasteiger partial charge in [-0.1, -0.05) is 19.3 Å². The highest BCUT2D eigenvalue weighted by molar-refractivity contribution is 7.89. The first kappa shape index (κ1) is 14.9. The van der Waals surface area contributed by atoms with Crippen molar-refractivity contribution in [2.45, 2.75) is 45.1 Å². The molecule has 0 bridgehead atoms. The van der Waals surface area contributed by atoms with Crippen molar-refractivity contribution < 1.29 is 18.3 Å². The molecule has 0 aromatic heterocycles. The summed E-state index contributed by atoms with van der Waals surface area (Å²) in [5.41, 5.74) is -0.859. The summed E-state index contributed by atoms with van der Waals surface area (Å²) in [6.07, 6.45) is 3.83. The number of hydrogen-bond donors (Lipinski definition) is 2. The summed E-state index contributed by atoms with van der Waals surface area (Å²) >= 11 is 0. The monoisotopic (exact) mass is 274 g/mol. The van der Waals surface area contributed by atoms with Crippen molar-refractivity contribution in [3.8, 4) is 6.07 Å². The Morgan fingerprint density at radius 1 is 1.44 bits per heavy atom. The predicted octanol–water partition coefficient (Wildman–Crippen LogP) is 0.853. The average molecular weight is 274 g/mol. The molecule has 0 aliphatic heterocycles. The third-order valence-corrected chi connectivity index (χ3v) is 4.89. The Morgan fingerprint density at radius 3 is 2.44 bits per heavy atom. The first-order valence-electron chi connectivity index (χ1n) is 5.94. The molecule has 1 saturated carbocycles. The number of nitrogens with zero attached hydrogens (tertiary/aromatic N) is 1. The second kappa shape index (κ2) is 5.67. The Kier molecular flexibility index (Phi) is 4.71. The zero-order valence-electron chi connectivity index (χ0n) is 10.3.